The highest BCUT2D eigenvalue weighted by Crippen LogP contribution is 2.29. The zero-order valence-electron chi connectivity index (χ0n) is 12.4. The number of aryl methyl sites for hydroxylation is 1. The predicted molar refractivity (Wildman–Crippen MR) is 90.8 cm³/mol. The lowest BCUT2D eigenvalue weighted by Gasteiger charge is -2.36. The minimum Gasteiger partial charge on any atom is -0.353 e. The Morgan fingerprint density at radius 1 is 1.00 bits per heavy atom. The van der Waals surface area contributed by atoms with E-state index < -0.39 is 0 Å². The average molecular weight is 311 g/mol. The fourth-order valence-corrected chi connectivity index (χ4v) is 3.67. The van der Waals surface area contributed by atoms with Crippen molar-refractivity contribution in [3.8, 4) is 0 Å². The van der Waals surface area contributed by atoms with E-state index >= 15 is 0 Å². The quantitative estimate of drug-likeness (QED) is 0.728. The molecule has 1 aliphatic heterocycles. The summed E-state index contributed by atoms with van der Waals surface area (Å²) in [6.45, 7) is 5.84. The topological polar surface area (TPSA) is 45.2 Å². The number of fused-ring (bicyclic) bond motifs is 1. The summed E-state index contributed by atoms with van der Waals surface area (Å²) in [4.78, 5) is 17.8. The van der Waals surface area contributed by atoms with Gasteiger partial charge in [-0.15, -0.1) is 11.3 Å². The third-order valence-electron chi connectivity index (χ3n) is 4.05. The summed E-state index contributed by atoms with van der Waals surface area (Å²) in [5, 5.41) is 3.40. The number of aromatic nitrogens is 3. The lowest BCUT2D eigenvalue weighted by atomic mass is 10.2. The largest absolute Gasteiger partial charge is 0.353 e. The maximum absolute atomic E-state index is 4.60. The number of nitrogens with zero attached hydrogens (tertiary/aromatic N) is 5. The Kier molecular flexibility index (Phi) is 3.38. The molecule has 3 aromatic rings. The molecule has 22 heavy (non-hydrogen) atoms. The SMILES string of the molecule is Cc1cc(N2CCN(c3nccc4sccc34)CC2)ncn1. The van der Waals surface area contributed by atoms with Crippen LogP contribution in [0.25, 0.3) is 10.1 Å². The van der Waals surface area contributed by atoms with Gasteiger partial charge in [0.1, 0.15) is 18.0 Å². The zero-order valence-corrected chi connectivity index (χ0v) is 13.3. The Labute approximate surface area is 133 Å². The summed E-state index contributed by atoms with van der Waals surface area (Å²) in [7, 11) is 0. The van der Waals surface area contributed by atoms with Gasteiger partial charge in [-0.2, -0.15) is 0 Å². The molecule has 4 heterocycles. The number of rotatable bonds is 2. The lowest BCUT2D eigenvalue weighted by Crippen LogP contribution is -2.47. The Bertz CT molecular complexity index is 792. The van der Waals surface area contributed by atoms with Gasteiger partial charge in [0.25, 0.3) is 0 Å². The van der Waals surface area contributed by atoms with Gasteiger partial charge in [0.05, 0.1) is 0 Å². The van der Waals surface area contributed by atoms with Gasteiger partial charge >= 0.3 is 0 Å². The average Bonchev–Trinajstić information content (AvgIpc) is 3.04. The van der Waals surface area contributed by atoms with Crippen LogP contribution in [-0.2, 0) is 0 Å². The van der Waals surface area contributed by atoms with Crippen molar-refractivity contribution in [2.45, 2.75) is 6.92 Å². The molecular weight excluding hydrogens is 294 g/mol. The normalized spacial score (nSPS) is 15.5. The Morgan fingerprint density at radius 3 is 2.64 bits per heavy atom. The third-order valence-corrected chi connectivity index (χ3v) is 4.93. The highest BCUT2D eigenvalue weighted by molar-refractivity contribution is 7.17. The van der Waals surface area contributed by atoms with E-state index in [0.29, 0.717) is 0 Å². The molecule has 0 saturated carbocycles. The number of thiophene rings is 1. The molecule has 5 nitrogen and oxygen atoms in total. The van der Waals surface area contributed by atoms with Crippen LogP contribution in [0.1, 0.15) is 5.69 Å². The molecule has 4 rings (SSSR count). The monoisotopic (exact) mass is 311 g/mol. The molecule has 0 aromatic carbocycles. The van der Waals surface area contributed by atoms with E-state index in [2.05, 4.69) is 42.3 Å². The van der Waals surface area contributed by atoms with E-state index in [4.69, 9.17) is 0 Å². The molecule has 0 radical (unpaired) electrons. The third kappa shape index (κ3) is 2.39. The number of piperazine rings is 1. The summed E-state index contributed by atoms with van der Waals surface area (Å²) < 4.78 is 1.30. The van der Waals surface area contributed by atoms with Crippen molar-refractivity contribution in [1.82, 2.24) is 15.0 Å². The van der Waals surface area contributed by atoms with Crippen molar-refractivity contribution >= 4 is 33.1 Å². The first-order valence-corrected chi connectivity index (χ1v) is 8.30. The van der Waals surface area contributed by atoms with Gasteiger partial charge in [-0.05, 0) is 24.4 Å². The summed E-state index contributed by atoms with van der Waals surface area (Å²) >= 11 is 1.77. The van der Waals surface area contributed by atoms with Crippen molar-refractivity contribution in [3.63, 3.8) is 0 Å². The van der Waals surface area contributed by atoms with Crippen LogP contribution < -0.4 is 9.80 Å². The summed E-state index contributed by atoms with van der Waals surface area (Å²) in [5.41, 5.74) is 1.01. The van der Waals surface area contributed by atoms with Crippen LogP contribution in [0, 0.1) is 6.92 Å². The van der Waals surface area contributed by atoms with Crippen LogP contribution in [-0.4, -0.2) is 41.1 Å². The molecule has 0 unspecified atom stereocenters. The van der Waals surface area contributed by atoms with Gasteiger partial charge in [0, 0.05) is 54.2 Å². The van der Waals surface area contributed by atoms with Gasteiger partial charge in [0.15, 0.2) is 0 Å². The van der Waals surface area contributed by atoms with E-state index in [1.165, 1.54) is 10.1 Å². The molecule has 0 atom stereocenters. The van der Waals surface area contributed by atoms with Gasteiger partial charge in [-0.25, -0.2) is 15.0 Å². The van der Waals surface area contributed by atoms with Crippen LogP contribution in [0.3, 0.4) is 0 Å². The first-order chi connectivity index (χ1) is 10.8. The molecule has 0 amide bonds. The molecule has 1 aliphatic rings. The minimum atomic E-state index is 0.957. The molecule has 6 heteroatoms. The Hall–Kier alpha value is -2.21. The second-order valence-corrected chi connectivity index (χ2v) is 6.41. The first-order valence-electron chi connectivity index (χ1n) is 7.42. The number of hydrogen-bond acceptors (Lipinski definition) is 6. The van der Waals surface area contributed by atoms with Gasteiger partial charge in [-0.3, -0.25) is 0 Å². The molecular formula is C16H17N5S. The standard InChI is InChI=1S/C16H17N5S/c1-12-10-15(19-11-18-12)20-5-7-21(8-6-20)16-13-3-9-22-14(13)2-4-17-16/h2-4,9-11H,5-8H2,1H3. The molecule has 3 aromatic heterocycles. The zero-order chi connectivity index (χ0) is 14.9. The van der Waals surface area contributed by atoms with Crippen LogP contribution >= 0.6 is 11.3 Å². The summed E-state index contributed by atoms with van der Waals surface area (Å²) in [6, 6.07) is 6.30. The van der Waals surface area contributed by atoms with Crippen LogP contribution in [0.5, 0.6) is 0 Å². The van der Waals surface area contributed by atoms with E-state index in [9.17, 15) is 0 Å². The fraction of sp³-hybridized carbons (Fsp3) is 0.312. The minimum absolute atomic E-state index is 0.957. The highest BCUT2D eigenvalue weighted by atomic mass is 32.1. The van der Waals surface area contributed by atoms with E-state index in [1.807, 2.05) is 19.2 Å². The van der Waals surface area contributed by atoms with Crippen LogP contribution in [0.15, 0.2) is 36.1 Å². The van der Waals surface area contributed by atoms with Crippen molar-refractivity contribution in [3.05, 3.63) is 41.8 Å². The molecule has 0 N–H and O–H groups in total. The maximum atomic E-state index is 4.60. The molecule has 0 bridgehead atoms. The molecule has 1 saturated heterocycles. The molecule has 0 spiro atoms. The van der Waals surface area contributed by atoms with Crippen LogP contribution in [0.2, 0.25) is 0 Å². The lowest BCUT2D eigenvalue weighted by molar-refractivity contribution is 0.642. The number of pyridine rings is 1. The summed E-state index contributed by atoms with van der Waals surface area (Å²) in [5.74, 6) is 2.13. The second-order valence-electron chi connectivity index (χ2n) is 5.46. The highest BCUT2D eigenvalue weighted by Gasteiger charge is 2.20. The van der Waals surface area contributed by atoms with Gasteiger partial charge in [-0.1, -0.05) is 0 Å². The van der Waals surface area contributed by atoms with E-state index in [1.54, 1.807) is 17.7 Å². The second kappa shape index (κ2) is 5.53. The van der Waals surface area contributed by atoms with Gasteiger partial charge < -0.3 is 9.80 Å². The van der Waals surface area contributed by atoms with Gasteiger partial charge in [0.2, 0.25) is 0 Å². The summed E-state index contributed by atoms with van der Waals surface area (Å²) in [6.07, 6.45) is 3.55. The van der Waals surface area contributed by atoms with Crippen molar-refractivity contribution in [1.29, 1.82) is 0 Å². The Balaban J connectivity index is 1.53. The number of anilines is 2. The first kappa shape index (κ1) is 13.5. The van der Waals surface area contributed by atoms with Crippen molar-refractivity contribution in [2.75, 3.05) is 36.0 Å². The predicted octanol–water partition coefficient (Wildman–Crippen LogP) is 2.72. The van der Waals surface area contributed by atoms with E-state index in [0.717, 1.165) is 43.5 Å². The smallest absolute Gasteiger partial charge is 0.137 e. The molecule has 1 fully saturated rings. The van der Waals surface area contributed by atoms with Crippen molar-refractivity contribution in [2.24, 2.45) is 0 Å². The maximum Gasteiger partial charge on any atom is 0.137 e. The van der Waals surface area contributed by atoms with Crippen LogP contribution in [0.4, 0.5) is 11.6 Å². The van der Waals surface area contributed by atoms with Crippen molar-refractivity contribution < 1.29 is 0 Å². The molecule has 0 aliphatic carbocycles. The van der Waals surface area contributed by atoms with E-state index in [-0.39, 0.29) is 0 Å². The fourth-order valence-electron chi connectivity index (χ4n) is 2.89. The molecule has 112 valence electrons. The number of hydrogen-bond donors (Lipinski definition) is 0. The Morgan fingerprint density at radius 2 is 1.82 bits per heavy atom.